The highest BCUT2D eigenvalue weighted by atomic mass is 16.7. The van der Waals surface area contributed by atoms with Gasteiger partial charge >= 0.3 is 0 Å². The summed E-state index contributed by atoms with van der Waals surface area (Å²) in [5.41, 5.74) is 2.33. The lowest BCUT2D eigenvalue weighted by atomic mass is 10.0. The number of carbonyl (C=O) groups is 1. The van der Waals surface area contributed by atoms with Gasteiger partial charge in [-0.3, -0.25) is 14.6 Å². The van der Waals surface area contributed by atoms with E-state index in [0.717, 1.165) is 80.7 Å². The molecule has 8 nitrogen and oxygen atoms in total. The molecule has 0 radical (unpaired) electrons. The summed E-state index contributed by atoms with van der Waals surface area (Å²) in [5.74, 6) is 3.44. The van der Waals surface area contributed by atoms with Crippen LogP contribution in [0.3, 0.4) is 0 Å². The lowest BCUT2D eigenvalue weighted by Gasteiger charge is -2.36. The Morgan fingerprint density at radius 2 is 1.79 bits per heavy atom. The number of nitrogens with zero attached hydrogens (tertiary/aromatic N) is 3. The molecule has 182 valence electrons. The zero-order valence-corrected chi connectivity index (χ0v) is 20.0. The molecule has 3 aliphatic heterocycles. The third-order valence-corrected chi connectivity index (χ3v) is 7.07. The number of piperazine rings is 1. The summed E-state index contributed by atoms with van der Waals surface area (Å²) < 4.78 is 21.9. The number of fused-ring (bicyclic) bond motifs is 1. The van der Waals surface area contributed by atoms with Gasteiger partial charge in [0.2, 0.25) is 12.7 Å². The van der Waals surface area contributed by atoms with Gasteiger partial charge < -0.3 is 23.8 Å². The van der Waals surface area contributed by atoms with Crippen LogP contribution in [0.25, 0.3) is 0 Å². The molecule has 2 fully saturated rings. The quantitative estimate of drug-likeness (QED) is 0.621. The summed E-state index contributed by atoms with van der Waals surface area (Å²) in [6, 6.07) is 12.3. The van der Waals surface area contributed by atoms with Crippen LogP contribution in [0.1, 0.15) is 30.0 Å². The van der Waals surface area contributed by atoms with E-state index in [1.165, 1.54) is 5.56 Å². The van der Waals surface area contributed by atoms with Crippen LogP contribution in [0.5, 0.6) is 23.0 Å². The van der Waals surface area contributed by atoms with Crippen LogP contribution >= 0.6 is 0 Å². The summed E-state index contributed by atoms with van der Waals surface area (Å²) in [4.78, 5) is 19.9. The first-order valence-electron chi connectivity index (χ1n) is 12.0. The molecule has 2 saturated heterocycles. The van der Waals surface area contributed by atoms with E-state index in [9.17, 15) is 4.79 Å². The van der Waals surface area contributed by atoms with Crippen molar-refractivity contribution in [2.75, 3.05) is 60.3 Å². The molecule has 34 heavy (non-hydrogen) atoms. The maximum absolute atomic E-state index is 13.2. The van der Waals surface area contributed by atoms with Gasteiger partial charge in [-0.25, -0.2) is 0 Å². The SMILES string of the molecule is COc1ccc(C2CCCN2CC(=O)N2CCN(Cc3ccc4c(c3)OCO4)CC2)c(OC)c1. The predicted octanol–water partition coefficient (Wildman–Crippen LogP) is 2.91. The van der Waals surface area contributed by atoms with E-state index < -0.39 is 0 Å². The molecule has 0 aliphatic carbocycles. The average Bonchev–Trinajstić information content (AvgIpc) is 3.53. The normalized spacial score (nSPS) is 20.5. The maximum Gasteiger partial charge on any atom is 0.236 e. The molecule has 1 atom stereocenters. The molecule has 8 heteroatoms. The Labute approximate surface area is 200 Å². The summed E-state index contributed by atoms with van der Waals surface area (Å²) in [6.07, 6.45) is 2.11. The van der Waals surface area contributed by atoms with Gasteiger partial charge in [-0.1, -0.05) is 12.1 Å². The lowest BCUT2D eigenvalue weighted by Crippen LogP contribution is -2.50. The molecule has 1 unspecified atom stereocenters. The van der Waals surface area contributed by atoms with Crippen molar-refractivity contribution in [3.63, 3.8) is 0 Å². The number of hydrogen-bond donors (Lipinski definition) is 0. The Bertz CT molecular complexity index is 1020. The van der Waals surface area contributed by atoms with E-state index in [2.05, 4.69) is 28.0 Å². The van der Waals surface area contributed by atoms with Gasteiger partial charge in [0.25, 0.3) is 0 Å². The van der Waals surface area contributed by atoms with E-state index in [1.807, 2.05) is 23.1 Å². The van der Waals surface area contributed by atoms with Gasteiger partial charge in [0.1, 0.15) is 11.5 Å². The van der Waals surface area contributed by atoms with E-state index in [4.69, 9.17) is 18.9 Å². The molecule has 0 bridgehead atoms. The zero-order valence-electron chi connectivity index (χ0n) is 20.0. The summed E-state index contributed by atoms with van der Waals surface area (Å²) in [7, 11) is 3.34. The number of hydrogen-bond acceptors (Lipinski definition) is 7. The van der Waals surface area contributed by atoms with Gasteiger partial charge in [-0.05, 0) is 43.1 Å². The molecule has 3 heterocycles. The standard InChI is InChI=1S/C26H33N3O5/c1-31-20-6-7-21(24(15-20)32-2)22-4-3-9-29(22)17-26(30)28-12-10-27(11-13-28)16-19-5-8-23-25(14-19)34-18-33-23/h5-8,14-15,22H,3-4,9-13,16-18H2,1-2H3. The zero-order chi connectivity index (χ0) is 23.5. The van der Waals surface area contributed by atoms with E-state index in [1.54, 1.807) is 14.2 Å². The molecule has 0 saturated carbocycles. The number of likely N-dealkylation sites (tertiary alicyclic amines) is 1. The topological polar surface area (TPSA) is 63.7 Å². The van der Waals surface area contributed by atoms with Crippen molar-refractivity contribution in [2.24, 2.45) is 0 Å². The number of ether oxygens (including phenoxy) is 4. The number of rotatable bonds is 7. The monoisotopic (exact) mass is 467 g/mol. The smallest absolute Gasteiger partial charge is 0.236 e. The Kier molecular flexibility index (Phi) is 6.78. The van der Waals surface area contributed by atoms with Gasteiger partial charge in [0.05, 0.1) is 20.8 Å². The van der Waals surface area contributed by atoms with E-state index >= 15 is 0 Å². The summed E-state index contributed by atoms with van der Waals surface area (Å²) >= 11 is 0. The fourth-order valence-corrected chi connectivity index (χ4v) is 5.19. The molecule has 0 N–H and O–H groups in total. The number of carbonyl (C=O) groups excluding carboxylic acids is 1. The van der Waals surface area contributed by atoms with Crippen LogP contribution in [-0.2, 0) is 11.3 Å². The van der Waals surface area contributed by atoms with Crippen LogP contribution in [0.2, 0.25) is 0 Å². The number of methoxy groups -OCH3 is 2. The van der Waals surface area contributed by atoms with Crippen molar-refractivity contribution >= 4 is 5.91 Å². The molecule has 2 aromatic carbocycles. The van der Waals surface area contributed by atoms with Gasteiger partial charge in [0.15, 0.2) is 11.5 Å². The molecule has 0 spiro atoms. The van der Waals surface area contributed by atoms with Crippen LogP contribution < -0.4 is 18.9 Å². The minimum Gasteiger partial charge on any atom is -0.497 e. The van der Waals surface area contributed by atoms with Crippen LogP contribution in [0.4, 0.5) is 0 Å². The van der Waals surface area contributed by atoms with Crippen LogP contribution in [-0.4, -0.2) is 80.9 Å². The van der Waals surface area contributed by atoms with Gasteiger partial charge in [-0.15, -0.1) is 0 Å². The average molecular weight is 468 g/mol. The molecular formula is C26H33N3O5. The van der Waals surface area contributed by atoms with Crippen molar-refractivity contribution in [1.82, 2.24) is 14.7 Å². The first kappa shape index (κ1) is 22.8. The second-order valence-electron chi connectivity index (χ2n) is 9.08. The first-order chi connectivity index (χ1) is 16.6. The van der Waals surface area contributed by atoms with Crippen molar-refractivity contribution < 1.29 is 23.7 Å². The Morgan fingerprint density at radius 1 is 0.971 bits per heavy atom. The molecule has 1 amide bonds. The van der Waals surface area contributed by atoms with Gasteiger partial charge in [-0.2, -0.15) is 0 Å². The van der Waals surface area contributed by atoms with Crippen molar-refractivity contribution in [1.29, 1.82) is 0 Å². The van der Waals surface area contributed by atoms with Crippen LogP contribution in [0, 0.1) is 0 Å². The third kappa shape index (κ3) is 4.79. The minimum absolute atomic E-state index is 0.192. The second-order valence-corrected chi connectivity index (χ2v) is 9.08. The fraction of sp³-hybridized carbons (Fsp3) is 0.500. The van der Waals surface area contributed by atoms with Crippen molar-refractivity contribution in [2.45, 2.75) is 25.4 Å². The predicted molar refractivity (Wildman–Crippen MR) is 128 cm³/mol. The highest BCUT2D eigenvalue weighted by Gasteiger charge is 2.32. The molecule has 0 aromatic heterocycles. The molecular weight excluding hydrogens is 434 g/mol. The van der Waals surface area contributed by atoms with Crippen molar-refractivity contribution in [3.05, 3.63) is 47.5 Å². The minimum atomic E-state index is 0.192. The number of benzene rings is 2. The molecule has 2 aromatic rings. The summed E-state index contributed by atoms with van der Waals surface area (Å²) in [5, 5.41) is 0. The number of amides is 1. The first-order valence-corrected chi connectivity index (χ1v) is 12.0. The maximum atomic E-state index is 13.2. The largest absolute Gasteiger partial charge is 0.497 e. The van der Waals surface area contributed by atoms with Gasteiger partial charge in [0, 0.05) is 50.4 Å². The fourth-order valence-electron chi connectivity index (χ4n) is 5.19. The molecule has 3 aliphatic rings. The second kappa shape index (κ2) is 10.1. The third-order valence-electron chi connectivity index (χ3n) is 7.07. The van der Waals surface area contributed by atoms with E-state index in [0.29, 0.717) is 13.3 Å². The Morgan fingerprint density at radius 3 is 2.59 bits per heavy atom. The lowest BCUT2D eigenvalue weighted by molar-refractivity contribution is -0.134. The Hall–Kier alpha value is -2.97. The van der Waals surface area contributed by atoms with E-state index in [-0.39, 0.29) is 11.9 Å². The highest BCUT2D eigenvalue weighted by Crippen LogP contribution is 2.38. The highest BCUT2D eigenvalue weighted by molar-refractivity contribution is 5.78. The van der Waals surface area contributed by atoms with Crippen LogP contribution in [0.15, 0.2) is 36.4 Å². The Balaban J connectivity index is 1.15. The van der Waals surface area contributed by atoms with Crippen molar-refractivity contribution in [3.8, 4) is 23.0 Å². The summed E-state index contributed by atoms with van der Waals surface area (Å²) in [6.45, 7) is 5.78. The molecule has 5 rings (SSSR count).